The lowest BCUT2D eigenvalue weighted by atomic mass is 9.76. The molecular formula is C19H18F3N3O3S. The summed E-state index contributed by atoms with van der Waals surface area (Å²) in [6.07, 6.45) is -2.00. The Balaban J connectivity index is 0.000000298. The van der Waals surface area contributed by atoms with Crippen molar-refractivity contribution >= 4 is 33.4 Å². The van der Waals surface area contributed by atoms with Crippen LogP contribution in [0.25, 0.3) is 10.1 Å². The largest absolute Gasteiger partial charge is 0.490 e. The zero-order chi connectivity index (χ0) is 21.2. The maximum absolute atomic E-state index is 12.7. The molecule has 29 heavy (non-hydrogen) atoms. The smallest absolute Gasteiger partial charge is 0.475 e. The highest BCUT2D eigenvalue weighted by atomic mass is 32.1. The lowest BCUT2D eigenvalue weighted by Crippen LogP contribution is -2.47. The standard InChI is InChI=1S/C17H17N3OS.C2HF3O2/c18-9-11-1-2-14-16(7-11)22-19-17(14)15(21)8-13-10-20-5-3-12(13)4-6-20;3-2(4,5)1(6)7/h1-2,7,12-13H,3-6,8,10H2;(H,6,7)/t13-;/m0./s1. The van der Waals surface area contributed by atoms with Crippen molar-refractivity contribution in [1.29, 1.82) is 5.26 Å². The molecule has 6 nitrogen and oxygen atoms in total. The molecule has 10 heteroatoms. The molecule has 1 N–H and O–H groups in total. The van der Waals surface area contributed by atoms with Crippen LogP contribution in [-0.2, 0) is 4.79 Å². The third-order valence-electron chi connectivity index (χ3n) is 5.35. The number of nitrogens with zero attached hydrogens (tertiary/aromatic N) is 3. The molecule has 3 fully saturated rings. The second-order valence-electron chi connectivity index (χ2n) is 7.18. The van der Waals surface area contributed by atoms with Crippen molar-refractivity contribution < 1.29 is 27.9 Å². The summed E-state index contributed by atoms with van der Waals surface area (Å²) in [7, 11) is 0. The fourth-order valence-corrected chi connectivity index (χ4v) is 4.69. The van der Waals surface area contributed by atoms with Gasteiger partial charge >= 0.3 is 12.1 Å². The van der Waals surface area contributed by atoms with E-state index in [1.54, 1.807) is 6.07 Å². The maximum Gasteiger partial charge on any atom is 0.490 e. The average Bonchev–Trinajstić information content (AvgIpc) is 3.12. The van der Waals surface area contributed by atoms with E-state index in [0.29, 0.717) is 29.5 Å². The number of aromatic nitrogens is 1. The number of hydrogen-bond donors (Lipinski definition) is 1. The first-order valence-corrected chi connectivity index (χ1v) is 9.81. The molecule has 3 aliphatic rings. The Morgan fingerprint density at radius 2 is 1.97 bits per heavy atom. The predicted octanol–water partition coefficient (Wildman–Crippen LogP) is 3.72. The van der Waals surface area contributed by atoms with E-state index in [4.69, 9.17) is 15.2 Å². The van der Waals surface area contributed by atoms with Crippen LogP contribution in [0.2, 0.25) is 0 Å². The average molecular weight is 425 g/mol. The van der Waals surface area contributed by atoms with Crippen molar-refractivity contribution in [2.45, 2.75) is 25.4 Å². The molecule has 154 valence electrons. The van der Waals surface area contributed by atoms with Crippen LogP contribution in [0.15, 0.2) is 18.2 Å². The minimum atomic E-state index is -5.08. The number of carbonyl (C=O) groups is 2. The molecule has 0 saturated carbocycles. The second kappa shape index (κ2) is 8.47. The van der Waals surface area contributed by atoms with Crippen LogP contribution in [0.3, 0.4) is 0 Å². The van der Waals surface area contributed by atoms with E-state index < -0.39 is 12.1 Å². The summed E-state index contributed by atoms with van der Waals surface area (Å²) >= 11 is 1.32. The highest BCUT2D eigenvalue weighted by molar-refractivity contribution is 7.13. The van der Waals surface area contributed by atoms with Gasteiger partial charge in [-0.1, -0.05) is 0 Å². The minimum absolute atomic E-state index is 0.162. The predicted molar refractivity (Wildman–Crippen MR) is 99.6 cm³/mol. The first kappa shape index (κ1) is 21.2. The maximum atomic E-state index is 12.7. The van der Waals surface area contributed by atoms with Crippen molar-refractivity contribution in [2.75, 3.05) is 19.6 Å². The first-order valence-electron chi connectivity index (χ1n) is 9.04. The van der Waals surface area contributed by atoms with Crippen LogP contribution < -0.4 is 0 Å². The number of ketones is 1. The molecule has 1 aromatic carbocycles. The Labute approximate surface area is 168 Å². The number of rotatable bonds is 3. The van der Waals surface area contributed by atoms with E-state index in [2.05, 4.69) is 15.3 Å². The second-order valence-corrected chi connectivity index (χ2v) is 7.99. The third kappa shape index (κ3) is 4.92. The number of benzene rings is 1. The van der Waals surface area contributed by atoms with E-state index in [-0.39, 0.29) is 5.78 Å². The normalized spacial score (nSPS) is 23.2. The van der Waals surface area contributed by atoms with E-state index in [0.717, 1.165) is 16.6 Å². The zero-order valence-electron chi connectivity index (χ0n) is 15.3. The number of carboxylic acids is 1. The Morgan fingerprint density at radius 3 is 2.48 bits per heavy atom. The van der Waals surface area contributed by atoms with Gasteiger partial charge in [0.05, 0.1) is 16.3 Å². The van der Waals surface area contributed by atoms with Crippen LogP contribution in [-0.4, -0.2) is 51.9 Å². The van der Waals surface area contributed by atoms with Crippen LogP contribution in [0.4, 0.5) is 13.2 Å². The van der Waals surface area contributed by atoms with Crippen molar-refractivity contribution in [2.24, 2.45) is 11.8 Å². The van der Waals surface area contributed by atoms with E-state index in [1.165, 1.54) is 37.5 Å². The summed E-state index contributed by atoms with van der Waals surface area (Å²) in [6.45, 7) is 3.47. The fourth-order valence-electron chi connectivity index (χ4n) is 3.86. The highest BCUT2D eigenvalue weighted by Crippen LogP contribution is 2.35. The summed E-state index contributed by atoms with van der Waals surface area (Å²) in [5, 5.41) is 17.0. The monoisotopic (exact) mass is 425 g/mol. The number of carboxylic acid groups (broad SMARTS) is 1. The van der Waals surface area contributed by atoms with Crippen molar-refractivity contribution in [3.05, 3.63) is 29.5 Å². The number of alkyl halides is 3. The third-order valence-corrected chi connectivity index (χ3v) is 6.16. The summed E-state index contributed by atoms with van der Waals surface area (Å²) in [4.78, 5) is 24.1. The number of nitriles is 1. The van der Waals surface area contributed by atoms with Gasteiger partial charge in [-0.25, -0.2) is 4.79 Å². The molecule has 5 rings (SSSR count). The summed E-state index contributed by atoms with van der Waals surface area (Å²) in [5.41, 5.74) is 1.22. The molecule has 3 aliphatic heterocycles. The molecular weight excluding hydrogens is 407 g/mol. The fraction of sp³-hybridized carbons (Fsp3) is 0.474. The molecule has 0 amide bonds. The molecule has 4 heterocycles. The molecule has 2 bridgehead atoms. The Kier molecular flexibility index (Phi) is 6.19. The lowest BCUT2D eigenvalue weighted by molar-refractivity contribution is -0.192. The van der Waals surface area contributed by atoms with E-state index in [9.17, 15) is 18.0 Å². The Hall–Kier alpha value is -2.51. The molecule has 0 radical (unpaired) electrons. The first-order chi connectivity index (χ1) is 13.7. The van der Waals surface area contributed by atoms with Gasteiger partial charge in [-0.15, -0.1) is 0 Å². The molecule has 0 spiro atoms. The molecule has 0 unspecified atom stereocenters. The number of aliphatic carboxylic acids is 1. The van der Waals surface area contributed by atoms with Gasteiger partial charge < -0.3 is 10.0 Å². The SMILES string of the molecule is N#Cc1ccc2c(C(=O)C[C@H]3CN4CCC3CC4)nsc2c1.O=C(O)C(F)(F)F. The Bertz CT molecular complexity index is 959. The molecule has 0 aliphatic carbocycles. The number of piperidine rings is 3. The van der Waals surface area contributed by atoms with Gasteiger partial charge in [-0.2, -0.15) is 22.8 Å². The molecule has 1 aromatic heterocycles. The highest BCUT2D eigenvalue weighted by Gasteiger charge is 2.38. The van der Waals surface area contributed by atoms with Crippen molar-refractivity contribution in [1.82, 2.24) is 9.27 Å². The van der Waals surface area contributed by atoms with Crippen molar-refractivity contribution in [3.8, 4) is 6.07 Å². The van der Waals surface area contributed by atoms with Crippen LogP contribution in [0, 0.1) is 23.2 Å². The minimum Gasteiger partial charge on any atom is -0.475 e. The Morgan fingerprint density at radius 1 is 1.31 bits per heavy atom. The number of hydrogen-bond acceptors (Lipinski definition) is 6. The van der Waals surface area contributed by atoms with Crippen LogP contribution >= 0.6 is 11.5 Å². The number of Topliss-reactive ketones (excluding diaryl/α,β-unsaturated/α-hetero) is 1. The summed E-state index contributed by atoms with van der Waals surface area (Å²) < 4.78 is 37.0. The van der Waals surface area contributed by atoms with Crippen molar-refractivity contribution in [3.63, 3.8) is 0 Å². The van der Waals surface area contributed by atoms with Gasteiger partial charge in [0.2, 0.25) is 0 Å². The van der Waals surface area contributed by atoms with E-state index >= 15 is 0 Å². The molecule has 3 saturated heterocycles. The van der Waals surface area contributed by atoms with Crippen LogP contribution in [0.5, 0.6) is 0 Å². The quantitative estimate of drug-likeness (QED) is 0.754. The number of halogens is 3. The lowest BCUT2D eigenvalue weighted by Gasteiger charge is -2.44. The van der Waals surface area contributed by atoms with Gasteiger partial charge in [0.15, 0.2) is 5.78 Å². The van der Waals surface area contributed by atoms with Gasteiger partial charge in [-0.05, 0) is 67.5 Å². The number of carbonyl (C=O) groups excluding carboxylic acids is 1. The van der Waals surface area contributed by atoms with E-state index in [1.807, 2.05) is 12.1 Å². The molecule has 2 aromatic rings. The number of fused-ring (bicyclic) bond motifs is 4. The van der Waals surface area contributed by atoms with Gasteiger partial charge in [0, 0.05) is 18.4 Å². The zero-order valence-corrected chi connectivity index (χ0v) is 16.1. The summed E-state index contributed by atoms with van der Waals surface area (Å²) in [6, 6.07) is 7.58. The molecule has 1 atom stereocenters. The topological polar surface area (TPSA) is 94.3 Å². The van der Waals surface area contributed by atoms with Crippen LogP contribution in [0.1, 0.15) is 35.3 Å². The van der Waals surface area contributed by atoms with Gasteiger partial charge in [-0.3, -0.25) is 4.79 Å². The van der Waals surface area contributed by atoms with Gasteiger partial charge in [0.1, 0.15) is 5.69 Å². The van der Waals surface area contributed by atoms with Gasteiger partial charge in [0.25, 0.3) is 0 Å². The summed E-state index contributed by atoms with van der Waals surface area (Å²) in [5.74, 6) is -1.39.